The van der Waals surface area contributed by atoms with E-state index in [2.05, 4.69) is 15.9 Å². The lowest BCUT2D eigenvalue weighted by Gasteiger charge is -2.32. The van der Waals surface area contributed by atoms with Crippen LogP contribution >= 0.6 is 15.9 Å². The molecule has 14 heteroatoms. The topological polar surface area (TPSA) is 77.5 Å². The highest BCUT2D eigenvalue weighted by molar-refractivity contribution is 9.10. The molecule has 0 atom stereocenters. The van der Waals surface area contributed by atoms with Gasteiger partial charge in [-0.05, 0) is 104 Å². The van der Waals surface area contributed by atoms with E-state index >= 15 is 0 Å². The molecule has 2 aromatic carbocycles. The molecule has 0 N–H and O–H groups in total. The van der Waals surface area contributed by atoms with Gasteiger partial charge >= 0.3 is 19.3 Å². The maximum Gasteiger partial charge on any atom is 0.492 e. The average Bonchev–Trinajstić information content (AvgIpc) is 3.75. The van der Waals surface area contributed by atoms with Gasteiger partial charge in [0.25, 0.3) is 12.9 Å². The molecule has 0 unspecified atom stereocenters. The number of carbonyl (C=O) groups is 2. The van der Waals surface area contributed by atoms with Crippen LogP contribution in [0.4, 0.5) is 27.2 Å². The third kappa shape index (κ3) is 12.7. The van der Waals surface area contributed by atoms with Crippen molar-refractivity contribution in [1.29, 1.82) is 0 Å². The van der Waals surface area contributed by atoms with Crippen LogP contribution in [0.1, 0.15) is 98.8 Å². The first kappa shape index (κ1) is 43.1. The van der Waals surface area contributed by atoms with Gasteiger partial charge in [0.05, 0.1) is 11.2 Å². The zero-order valence-electron chi connectivity index (χ0n) is 31.6. The molecule has 2 amide bonds. The second-order valence-corrected chi connectivity index (χ2v) is 16.5. The monoisotopic (exact) mass is 796 g/mol. The molecule has 3 aliphatic heterocycles. The van der Waals surface area contributed by atoms with Gasteiger partial charge in [0.15, 0.2) is 0 Å². The predicted octanol–water partition coefficient (Wildman–Crippen LogP) is 10.4. The Bertz CT molecular complexity index is 1600. The van der Waals surface area contributed by atoms with E-state index in [4.69, 9.17) is 18.8 Å². The summed E-state index contributed by atoms with van der Waals surface area (Å²) in [5, 5.41) is 0. The number of carbonyl (C=O) groups excluding carboxylic acids is 2. The summed E-state index contributed by atoms with van der Waals surface area (Å²) in [6.07, 6.45) is -1.70. The predicted molar refractivity (Wildman–Crippen MR) is 198 cm³/mol. The SMILES string of the molecule is CC(C)(C)OC(=O)N1CC=C(B2OC(C)(C)C(C)(C)O2)C1.CC(C)(C)OC(=O)N1CC=C(c2cccc(C(F)F)c2)C1.FC(F)c1cccc(Br)c1. The Morgan fingerprint density at radius 2 is 1.21 bits per heavy atom. The molecule has 1 fully saturated rings. The van der Waals surface area contributed by atoms with Gasteiger partial charge in [-0.1, -0.05) is 58.4 Å². The summed E-state index contributed by atoms with van der Waals surface area (Å²) in [4.78, 5) is 27.2. The molecule has 2 aromatic rings. The largest absolute Gasteiger partial charge is 0.492 e. The van der Waals surface area contributed by atoms with Gasteiger partial charge in [-0.15, -0.1) is 0 Å². The van der Waals surface area contributed by atoms with Crippen LogP contribution in [0.5, 0.6) is 0 Å². The molecule has 3 aliphatic rings. The first-order valence-corrected chi connectivity index (χ1v) is 17.8. The maximum absolute atomic E-state index is 12.7. The van der Waals surface area contributed by atoms with Gasteiger partial charge in [-0.3, -0.25) is 0 Å². The van der Waals surface area contributed by atoms with Crippen molar-refractivity contribution in [3.05, 3.63) is 87.3 Å². The molecule has 1 saturated heterocycles. The van der Waals surface area contributed by atoms with Gasteiger partial charge in [-0.2, -0.15) is 0 Å². The standard InChI is InChI=1S/C16H19F2NO2.C15H26BNO4.C7H5BrF2/c1-16(2,3)21-15(20)19-8-7-13(10-19)11-5-4-6-12(9-11)14(17)18;1-13(2,3)19-12(18)17-9-8-11(10-17)16-20-14(4,5)15(6,7)21-16;8-6-3-1-2-5(4-6)7(9)10/h4-7,9,14H,8,10H2,1-3H3;8H,9-10H2,1-7H3;1-4,7H. The number of hydrogen-bond acceptors (Lipinski definition) is 6. The van der Waals surface area contributed by atoms with Crippen LogP contribution in [-0.4, -0.2) is 77.7 Å². The Kier molecular flexibility index (Phi) is 14.2. The van der Waals surface area contributed by atoms with E-state index in [1.165, 1.54) is 24.3 Å². The molecular formula is C38H50BBrF4N2O6. The van der Waals surface area contributed by atoms with Gasteiger partial charge in [0.2, 0.25) is 0 Å². The van der Waals surface area contributed by atoms with Crippen molar-refractivity contribution in [3.8, 4) is 0 Å². The van der Waals surface area contributed by atoms with Crippen molar-refractivity contribution in [2.24, 2.45) is 0 Å². The quantitative estimate of drug-likeness (QED) is 0.227. The zero-order chi connectivity index (χ0) is 39.2. The van der Waals surface area contributed by atoms with Gasteiger partial charge in [0, 0.05) is 41.8 Å². The summed E-state index contributed by atoms with van der Waals surface area (Å²) in [5.41, 5.74) is 0.857. The number of nitrogens with zero attached hydrogens (tertiary/aromatic N) is 2. The highest BCUT2D eigenvalue weighted by Gasteiger charge is 2.53. The average molecular weight is 798 g/mol. The Labute approximate surface area is 313 Å². The van der Waals surface area contributed by atoms with E-state index in [9.17, 15) is 27.2 Å². The van der Waals surface area contributed by atoms with E-state index in [1.54, 1.807) is 54.8 Å². The lowest BCUT2D eigenvalue weighted by atomic mass is 9.79. The molecule has 3 heterocycles. The van der Waals surface area contributed by atoms with E-state index in [0.29, 0.717) is 30.7 Å². The number of benzene rings is 2. The second kappa shape index (κ2) is 17.2. The number of halogens is 5. The first-order valence-electron chi connectivity index (χ1n) is 17.0. The molecule has 0 bridgehead atoms. The Morgan fingerprint density at radius 1 is 0.750 bits per heavy atom. The number of alkyl halides is 4. The molecule has 5 rings (SSSR count). The molecule has 0 aliphatic carbocycles. The molecule has 0 saturated carbocycles. The summed E-state index contributed by atoms with van der Waals surface area (Å²) in [7, 11) is -0.387. The lowest BCUT2D eigenvalue weighted by molar-refractivity contribution is 0.00578. The van der Waals surface area contributed by atoms with E-state index in [1.807, 2.05) is 60.6 Å². The van der Waals surface area contributed by atoms with Crippen molar-refractivity contribution < 1.29 is 45.9 Å². The molecule has 52 heavy (non-hydrogen) atoms. The minimum Gasteiger partial charge on any atom is -0.444 e. The molecule has 8 nitrogen and oxygen atoms in total. The smallest absolute Gasteiger partial charge is 0.444 e. The number of amides is 2. The van der Waals surface area contributed by atoms with Gasteiger partial charge < -0.3 is 28.6 Å². The van der Waals surface area contributed by atoms with E-state index < -0.39 is 30.1 Å². The van der Waals surface area contributed by atoms with Crippen LogP contribution in [0, 0.1) is 0 Å². The fourth-order valence-electron chi connectivity index (χ4n) is 4.95. The highest BCUT2D eigenvalue weighted by Crippen LogP contribution is 2.39. The molecule has 0 radical (unpaired) electrons. The summed E-state index contributed by atoms with van der Waals surface area (Å²) in [5.74, 6) is 0. The number of ether oxygens (including phenoxy) is 2. The molecular weight excluding hydrogens is 747 g/mol. The van der Waals surface area contributed by atoms with E-state index in [-0.39, 0.29) is 35.5 Å². The van der Waals surface area contributed by atoms with Crippen LogP contribution < -0.4 is 0 Å². The minimum atomic E-state index is -2.49. The summed E-state index contributed by atoms with van der Waals surface area (Å²) in [6, 6.07) is 12.4. The van der Waals surface area contributed by atoms with Gasteiger partial charge in [-0.25, -0.2) is 27.2 Å². The van der Waals surface area contributed by atoms with Crippen molar-refractivity contribution >= 4 is 40.8 Å². The maximum atomic E-state index is 12.7. The number of hydrogen-bond donors (Lipinski definition) is 0. The third-order valence-electron chi connectivity index (χ3n) is 8.34. The lowest BCUT2D eigenvalue weighted by Crippen LogP contribution is -2.41. The minimum absolute atomic E-state index is 0.0101. The summed E-state index contributed by atoms with van der Waals surface area (Å²) in [6.45, 7) is 20.9. The summed E-state index contributed by atoms with van der Waals surface area (Å²) >= 11 is 3.10. The Balaban J connectivity index is 0.000000224. The van der Waals surface area contributed by atoms with Crippen LogP contribution in [0.15, 0.2) is 70.6 Å². The van der Waals surface area contributed by atoms with Crippen LogP contribution in [0.2, 0.25) is 0 Å². The van der Waals surface area contributed by atoms with Crippen LogP contribution in [0.25, 0.3) is 5.57 Å². The first-order chi connectivity index (χ1) is 23.9. The van der Waals surface area contributed by atoms with E-state index in [0.717, 1.165) is 16.6 Å². The fraction of sp³-hybridized carbons (Fsp3) is 0.526. The van der Waals surface area contributed by atoms with Crippen LogP contribution in [0.3, 0.4) is 0 Å². The summed E-state index contributed by atoms with van der Waals surface area (Å²) < 4.78 is 72.7. The van der Waals surface area contributed by atoms with Crippen molar-refractivity contribution in [3.63, 3.8) is 0 Å². The van der Waals surface area contributed by atoms with Crippen molar-refractivity contribution in [1.82, 2.24) is 9.80 Å². The fourth-order valence-corrected chi connectivity index (χ4v) is 5.37. The third-order valence-corrected chi connectivity index (χ3v) is 8.83. The second-order valence-electron chi connectivity index (χ2n) is 15.6. The Morgan fingerprint density at radius 3 is 1.67 bits per heavy atom. The Hall–Kier alpha value is -3.36. The van der Waals surface area contributed by atoms with Crippen LogP contribution in [-0.2, 0) is 18.8 Å². The normalized spacial score (nSPS) is 18.0. The molecule has 0 aromatic heterocycles. The number of rotatable bonds is 4. The van der Waals surface area contributed by atoms with Gasteiger partial charge in [0.1, 0.15) is 11.2 Å². The zero-order valence-corrected chi connectivity index (χ0v) is 33.2. The molecule has 286 valence electrons. The van der Waals surface area contributed by atoms with Crippen molar-refractivity contribution in [2.45, 2.75) is 104 Å². The molecule has 0 spiro atoms. The van der Waals surface area contributed by atoms with Crippen molar-refractivity contribution in [2.75, 3.05) is 26.2 Å². The highest BCUT2D eigenvalue weighted by atomic mass is 79.9.